The highest BCUT2D eigenvalue weighted by Crippen LogP contribution is 2.36. The Bertz CT molecular complexity index is 679. The van der Waals surface area contributed by atoms with Crippen molar-refractivity contribution in [1.82, 2.24) is 4.90 Å². The number of benzene rings is 1. The highest BCUT2D eigenvalue weighted by Gasteiger charge is 2.44. The summed E-state index contributed by atoms with van der Waals surface area (Å²) in [4.78, 5) is 26.1. The van der Waals surface area contributed by atoms with Crippen molar-refractivity contribution in [2.45, 2.75) is 20.0 Å². The highest BCUT2D eigenvalue weighted by molar-refractivity contribution is 6.24. The number of rotatable bonds is 2. The van der Waals surface area contributed by atoms with Crippen LogP contribution in [0.4, 0.5) is 23.7 Å². The number of urea groups is 1. The molecule has 0 unspecified atom stereocenters. The minimum absolute atomic E-state index is 0.144. The molecule has 3 amide bonds. The lowest BCUT2D eigenvalue weighted by molar-refractivity contribution is -0.137. The number of halogens is 3. The quantitative estimate of drug-likeness (QED) is 0.789. The predicted octanol–water partition coefficient (Wildman–Crippen LogP) is 2.92. The lowest BCUT2D eigenvalue weighted by atomic mass is 10.1. The van der Waals surface area contributed by atoms with E-state index in [9.17, 15) is 22.8 Å². The molecule has 0 atom stereocenters. The summed E-state index contributed by atoms with van der Waals surface area (Å²) in [6.07, 6.45) is -4.75. The lowest BCUT2D eigenvalue weighted by Gasteiger charge is -2.17. The van der Waals surface area contributed by atoms with Gasteiger partial charge in [0.15, 0.2) is 6.04 Å². The molecular weight excluding hydrogens is 299 g/mol. The van der Waals surface area contributed by atoms with E-state index < -0.39 is 29.2 Å². The smallest absolute Gasteiger partial charge is 0.307 e. The van der Waals surface area contributed by atoms with Crippen LogP contribution in [0, 0.1) is 17.4 Å². The third-order valence-electron chi connectivity index (χ3n) is 3.34. The maximum atomic E-state index is 13.0. The molecule has 115 valence electrons. The molecule has 1 aromatic carbocycles. The van der Waals surface area contributed by atoms with Gasteiger partial charge in [0.25, 0.3) is 5.91 Å². The minimum Gasteiger partial charge on any atom is -0.307 e. The van der Waals surface area contributed by atoms with Crippen LogP contribution in [0.15, 0.2) is 18.2 Å². The monoisotopic (exact) mass is 310 g/mol. The van der Waals surface area contributed by atoms with Crippen molar-refractivity contribution < 1.29 is 22.8 Å². The van der Waals surface area contributed by atoms with Gasteiger partial charge in [0.1, 0.15) is 0 Å². The maximum Gasteiger partial charge on any atom is 0.417 e. The fraction of sp³-hybridized carbons (Fsp3) is 0.286. The van der Waals surface area contributed by atoms with Crippen LogP contribution in [-0.2, 0) is 11.0 Å². The second kappa shape index (κ2) is 5.33. The zero-order valence-electron chi connectivity index (χ0n) is 11.7. The molecule has 8 heteroatoms. The Labute approximate surface area is 124 Å². The molecule has 1 heterocycles. The first kappa shape index (κ1) is 15.8. The van der Waals surface area contributed by atoms with E-state index in [1.54, 1.807) is 6.92 Å². The number of nitrogens with zero attached hydrogens (tertiary/aromatic N) is 3. The first-order valence-electron chi connectivity index (χ1n) is 6.33. The molecule has 1 radical (unpaired) electrons. The van der Waals surface area contributed by atoms with Gasteiger partial charge in [-0.2, -0.15) is 18.4 Å². The lowest BCUT2D eigenvalue weighted by Crippen LogP contribution is -2.33. The maximum absolute atomic E-state index is 13.0. The summed E-state index contributed by atoms with van der Waals surface area (Å²) in [6.45, 7) is 3.31. The number of carbonyl (C=O) groups excluding carboxylic acids is 2. The van der Waals surface area contributed by atoms with E-state index in [2.05, 4.69) is 0 Å². The van der Waals surface area contributed by atoms with Crippen molar-refractivity contribution in [3.05, 3.63) is 35.4 Å². The Hall–Kier alpha value is -2.56. The summed E-state index contributed by atoms with van der Waals surface area (Å²) in [6, 6.07) is 3.62. The van der Waals surface area contributed by atoms with Gasteiger partial charge in [0, 0.05) is 6.54 Å². The summed E-state index contributed by atoms with van der Waals surface area (Å²) in [5, 5.41) is 8.75. The molecule has 1 aliphatic rings. The van der Waals surface area contributed by atoms with Crippen LogP contribution >= 0.6 is 0 Å². The predicted molar refractivity (Wildman–Crippen MR) is 70.3 cm³/mol. The number of likely N-dealkylation sites (N-methyl/N-ethyl adjacent to an activating group) is 1. The second-order valence-corrected chi connectivity index (χ2v) is 4.59. The van der Waals surface area contributed by atoms with E-state index in [0.717, 1.165) is 12.1 Å². The molecule has 0 N–H and O–H groups in total. The molecule has 0 aliphatic carbocycles. The minimum atomic E-state index is -4.75. The number of hydrogen-bond acceptors (Lipinski definition) is 3. The SMILES string of the molecule is CCN1[C](C)C(=O)N(c2ccc(C#N)c(C(F)(F)F)c2)C1=O. The van der Waals surface area contributed by atoms with Gasteiger partial charge in [0.2, 0.25) is 0 Å². The normalized spacial score (nSPS) is 16.4. The van der Waals surface area contributed by atoms with Crippen molar-refractivity contribution >= 4 is 17.6 Å². The Kier molecular flexibility index (Phi) is 3.83. The first-order valence-corrected chi connectivity index (χ1v) is 6.33. The number of imide groups is 1. The van der Waals surface area contributed by atoms with Crippen molar-refractivity contribution in [3.63, 3.8) is 0 Å². The van der Waals surface area contributed by atoms with Crippen molar-refractivity contribution in [1.29, 1.82) is 5.26 Å². The topological polar surface area (TPSA) is 64.4 Å². The van der Waals surface area contributed by atoms with E-state index >= 15 is 0 Å². The molecule has 1 aromatic rings. The van der Waals surface area contributed by atoms with Gasteiger partial charge in [0.05, 0.1) is 22.9 Å². The Balaban J connectivity index is 2.53. The summed E-state index contributed by atoms with van der Waals surface area (Å²) >= 11 is 0. The van der Waals surface area contributed by atoms with Crippen LogP contribution < -0.4 is 4.90 Å². The highest BCUT2D eigenvalue weighted by atomic mass is 19.4. The number of hydrogen-bond donors (Lipinski definition) is 0. The first-order chi connectivity index (χ1) is 10.2. The van der Waals surface area contributed by atoms with Crippen LogP contribution in [0.1, 0.15) is 25.0 Å². The fourth-order valence-electron chi connectivity index (χ4n) is 2.23. The van der Waals surface area contributed by atoms with E-state index in [-0.39, 0.29) is 18.3 Å². The van der Waals surface area contributed by atoms with Crippen molar-refractivity contribution in [2.75, 3.05) is 11.4 Å². The third kappa shape index (κ3) is 2.39. The molecule has 0 aromatic heterocycles. The van der Waals surface area contributed by atoms with Crippen LogP contribution in [0.5, 0.6) is 0 Å². The van der Waals surface area contributed by atoms with Crippen LogP contribution in [0.25, 0.3) is 0 Å². The van der Waals surface area contributed by atoms with Crippen LogP contribution in [-0.4, -0.2) is 23.4 Å². The standard InChI is InChI=1S/C14H11F3N3O2/c1-3-19-8(2)12(21)20(13(19)22)10-5-4-9(7-18)11(6-10)14(15,16)17/h4-6H,3H2,1-2H3. The van der Waals surface area contributed by atoms with Crippen molar-refractivity contribution in [2.24, 2.45) is 0 Å². The van der Waals surface area contributed by atoms with Crippen LogP contribution in [0.2, 0.25) is 0 Å². The van der Waals surface area contributed by atoms with Crippen LogP contribution in [0.3, 0.4) is 0 Å². The summed E-state index contributed by atoms with van der Waals surface area (Å²) < 4.78 is 38.9. The largest absolute Gasteiger partial charge is 0.417 e. The molecule has 0 saturated carbocycles. The zero-order valence-corrected chi connectivity index (χ0v) is 11.7. The molecule has 1 saturated heterocycles. The van der Waals surface area contributed by atoms with Gasteiger partial charge in [-0.1, -0.05) is 0 Å². The summed E-state index contributed by atoms with van der Waals surface area (Å²) in [5.74, 6) is -0.676. The molecule has 2 rings (SSSR count). The Morgan fingerprint density at radius 2 is 1.91 bits per heavy atom. The molecule has 1 aliphatic heterocycles. The number of amides is 3. The van der Waals surface area contributed by atoms with E-state index in [1.165, 1.54) is 17.9 Å². The Morgan fingerprint density at radius 1 is 1.27 bits per heavy atom. The molecule has 5 nitrogen and oxygen atoms in total. The molecule has 0 spiro atoms. The molecule has 0 bridgehead atoms. The number of alkyl halides is 3. The molecular formula is C14H11F3N3O2. The average molecular weight is 310 g/mol. The number of nitriles is 1. The summed E-state index contributed by atoms with van der Waals surface area (Å²) in [5.41, 5.74) is -1.96. The van der Waals surface area contributed by atoms with Gasteiger partial charge in [-0.25, -0.2) is 9.69 Å². The number of carbonyl (C=O) groups is 2. The third-order valence-corrected chi connectivity index (χ3v) is 3.34. The zero-order chi connectivity index (χ0) is 16.7. The number of anilines is 1. The summed E-state index contributed by atoms with van der Waals surface area (Å²) in [7, 11) is 0. The van der Waals surface area contributed by atoms with Gasteiger partial charge in [-0.15, -0.1) is 0 Å². The van der Waals surface area contributed by atoms with E-state index in [4.69, 9.17) is 5.26 Å². The fourth-order valence-corrected chi connectivity index (χ4v) is 2.23. The van der Waals surface area contributed by atoms with Gasteiger partial charge in [-0.05, 0) is 32.0 Å². The van der Waals surface area contributed by atoms with E-state index in [1.807, 2.05) is 0 Å². The average Bonchev–Trinajstić information content (AvgIpc) is 2.67. The van der Waals surface area contributed by atoms with Crippen molar-refractivity contribution in [3.8, 4) is 6.07 Å². The van der Waals surface area contributed by atoms with E-state index in [0.29, 0.717) is 11.0 Å². The second-order valence-electron chi connectivity index (χ2n) is 4.59. The Morgan fingerprint density at radius 3 is 2.36 bits per heavy atom. The van der Waals surface area contributed by atoms with Gasteiger partial charge >= 0.3 is 12.2 Å². The molecule has 1 fully saturated rings. The van der Waals surface area contributed by atoms with Gasteiger partial charge in [-0.3, -0.25) is 4.79 Å². The van der Waals surface area contributed by atoms with Gasteiger partial charge < -0.3 is 4.90 Å². The molecule has 22 heavy (non-hydrogen) atoms.